The standard InChI is InChI=1S/C21H44O3/c1-2-3-4-5-6-7-8-9-10-11-12-13-14-15-16-17-18-20(19-22)21(23)24/h20-24H,2-19H2,1H3. The van der Waals surface area contributed by atoms with Crippen LogP contribution in [0.25, 0.3) is 0 Å². The third-order valence-corrected chi connectivity index (χ3v) is 5.08. The lowest BCUT2D eigenvalue weighted by atomic mass is 10.00. The molecule has 0 radical (unpaired) electrons. The molecule has 0 amide bonds. The molecule has 3 N–H and O–H groups in total. The van der Waals surface area contributed by atoms with Crippen molar-refractivity contribution in [3.8, 4) is 0 Å². The molecular formula is C21H44O3. The Kier molecular flexibility index (Phi) is 19.1. The van der Waals surface area contributed by atoms with E-state index in [1.165, 1.54) is 89.9 Å². The number of unbranched alkanes of at least 4 members (excludes halogenated alkanes) is 15. The molecule has 146 valence electrons. The van der Waals surface area contributed by atoms with Gasteiger partial charge < -0.3 is 15.3 Å². The van der Waals surface area contributed by atoms with Gasteiger partial charge in [0.2, 0.25) is 0 Å². The molecule has 24 heavy (non-hydrogen) atoms. The van der Waals surface area contributed by atoms with Crippen molar-refractivity contribution in [2.24, 2.45) is 5.92 Å². The summed E-state index contributed by atoms with van der Waals surface area (Å²) in [5, 5.41) is 27.1. The Hall–Kier alpha value is -0.120. The summed E-state index contributed by atoms with van der Waals surface area (Å²) in [6, 6.07) is 0. The van der Waals surface area contributed by atoms with Crippen molar-refractivity contribution < 1.29 is 15.3 Å². The Bertz CT molecular complexity index is 231. The third kappa shape index (κ3) is 16.7. The summed E-state index contributed by atoms with van der Waals surface area (Å²) in [5.41, 5.74) is 0. The highest BCUT2D eigenvalue weighted by Gasteiger charge is 2.14. The molecular weight excluding hydrogens is 300 g/mol. The average molecular weight is 345 g/mol. The molecule has 0 saturated carbocycles. The highest BCUT2D eigenvalue weighted by molar-refractivity contribution is 4.59. The number of aliphatic hydroxyl groups excluding tert-OH is 2. The normalized spacial score (nSPS) is 12.9. The predicted molar refractivity (Wildman–Crippen MR) is 103 cm³/mol. The second kappa shape index (κ2) is 19.2. The quantitative estimate of drug-likeness (QED) is 0.212. The first-order valence-electron chi connectivity index (χ1n) is 10.7. The molecule has 3 heteroatoms. The smallest absolute Gasteiger partial charge is 0.156 e. The van der Waals surface area contributed by atoms with Crippen LogP contribution in [-0.4, -0.2) is 28.2 Å². The molecule has 1 unspecified atom stereocenters. The van der Waals surface area contributed by atoms with Crippen molar-refractivity contribution in [2.75, 3.05) is 6.61 Å². The van der Waals surface area contributed by atoms with Gasteiger partial charge >= 0.3 is 0 Å². The first-order valence-corrected chi connectivity index (χ1v) is 10.7. The maximum atomic E-state index is 9.03. The van der Waals surface area contributed by atoms with Crippen molar-refractivity contribution in [3.63, 3.8) is 0 Å². The van der Waals surface area contributed by atoms with Gasteiger partial charge in [0.25, 0.3) is 0 Å². The second-order valence-corrected chi connectivity index (χ2v) is 7.45. The summed E-state index contributed by atoms with van der Waals surface area (Å²) in [6.07, 6.45) is 20.8. The molecule has 0 saturated heterocycles. The maximum Gasteiger partial charge on any atom is 0.156 e. The minimum atomic E-state index is -1.37. The lowest BCUT2D eigenvalue weighted by Crippen LogP contribution is -2.22. The van der Waals surface area contributed by atoms with E-state index >= 15 is 0 Å². The predicted octanol–water partition coefficient (Wildman–Crippen LogP) is 5.56. The van der Waals surface area contributed by atoms with Crippen LogP contribution >= 0.6 is 0 Å². The lowest BCUT2D eigenvalue weighted by molar-refractivity contribution is -0.0989. The summed E-state index contributed by atoms with van der Waals surface area (Å²) >= 11 is 0. The Balaban J connectivity index is 3.10. The molecule has 0 aliphatic heterocycles. The van der Waals surface area contributed by atoms with E-state index in [-0.39, 0.29) is 12.5 Å². The van der Waals surface area contributed by atoms with Gasteiger partial charge in [-0.1, -0.05) is 110 Å². The number of hydrogen-bond donors (Lipinski definition) is 3. The zero-order valence-electron chi connectivity index (χ0n) is 16.2. The SMILES string of the molecule is CCCCCCCCCCCCCCCCCCC(CO)C(O)O. The molecule has 0 aromatic rings. The van der Waals surface area contributed by atoms with Crippen molar-refractivity contribution in [1.29, 1.82) is 0 Å². The first-order chi connectivity index (χ1) is 11.7. The molecule has 3 nitrogen and oxygen atoms in total. The van der Waals surface area contributed by atoms with E-state index in [0.717, 1.165) is 12.8 Å². The van der Waals surface area contributed by atoms with E-state index in [9.17, 15) is 0 Å². The van der Waals surface area contributed by atoms with Gasteiger partial charge in [-0.25, -0.2) is 0 Å². The molecule has 0 aromatic carbocycles. The summed E-state index contributed by atoms with van der Waals surface area (Å²) in [5.74, 6) is -0.364. The molecule has 0 heterocycles. The molecule has 0 rings (SSSR count). The van der Waals surface area contributed by atoms with Crippen LogP contribution in [0, 0.1) is 5.92 Å². The van der Waals surface area contributed by atoms with Crippen molar-refractivity contribution in [3.05, 3.63) is 0 Å². The summed E-state index contributed by atoms with van der Waals surface area (Å²) in [7, 11) is 0. The summed E-state index contributed by atoms with van der Waals surface area (Å²) in [4.78, 5) is 0. The third-order valence-electron chi connectivity index (χ3n) is 5.08. The van der Waals surface area contributed by atoms with E-state index in [4.69, 9.17) is 15.3 Å². The number of rotatable bonds is 19. The van der Waals surface area contributed by atoms with Crippen molar-refractivity contribution in [2.45, 2.75) is 122 Å². The average Bonchev–Trinajstić information content (AvgIpc) is 2.57. The Morgan fingerprint density at radius 2 is 0.875 bits per heavy atom. The van der Waals surface area contributed by atoms with Gasteiger partial charge in [0.15, 0.2) is 6.29 Å². The highest BCUT2D eigenvalue weighted by Crippen LogP contribution is 2.16. The van der Waals surface area contributed by atoms with Gasteiger partial charge in [-0.05, 0) is 6.42 Å². The fraction of sp³-hybridized carbons (Fsp3) is 1.00. The zero-order chi connectivity index (χ0) is 17.9. The van der Waals surface area contributed by atoms with E-state index in [2.05, 4.69) is 6.92 Å². The van der Waals surface area contributed by atoms with Gasteiger partial charge in [0.05, 0.1) is 6.61 Å². The molecule has 1 atom stereocenters. The molecule has 0 spiro atoms. The largest absolute Gasteiger partial charge is 0.396 e. The van der Waals surface area contributed by atoms with E-state index in [1.54, 1.807) is 0 Å². The topological polar surface area (TPSA) is 60.7 Å². The Labute approximate surface area is 150 Å². The zero-order valence-corrected chi connectivity index (χ0v) is 16.2. The van der Waals surface area contributed by atoms with Crippen LogP contribution in [0.1, 0.15) is 116 Å². The summed E-state index contributed by atoms with van der Waals surface area (Å²) in [6.45, 7) is 2.14. The highest BCUT2D eigenvalue weighted by atomic mass is 16.5. The lowest BCUT2D eigenvalue weighted by Gasteiger charge is -2.15. The molecule has 0 aliphatic carbocycles. The Morgan fingerprint density at radius 3 is 1.17 bits per heavy atom. The van der Waals surface area contributed by atoms with Crippen LogP contribution in [0.2, 0.25) is 0 Å². The van der Waals surface area contributed by atoms with Crippen LogP contribution in [0.4, 0.5) is 0 Å². The van der Waals surface area contributed by atoms with Crippen LogP contribution in [0.3, 0.4) is 0 Å². The van der Waals surface area contributed by atoms with Crippen molar-refractivity contribution in [1.82, 2.24) is 0 Å². The van der Waals surface area contributed by atoms with E-state index in [0.29, 0.717) is 6.42 Å². The summed E-state index contributed by atoms with van der Waals surface area (Å²) < 4.78 is 0. The van der Waals surface area contributed by atoms with Gasteiger partial charge in [-0.2, -0.15) is 0 Å². The minimum Gasteiger partial charge on any atom is -0.396 e. The molecule has 0 aliphatic rings. The van der Waals surface area contributed by atoms with Crippen LogP contribution in [0.5, 0.6) is 0 Å². The first kappa shape index (κ1) is 23.9. The monoisotopic (exact) mass is 344 g/mol. The number of hydrogen-bond acceptors (Lipinski definition) is 3. The van der Waals surface area contributed by atoms with Crippen LogP contribution < -0.4 is 0 Å². The van der Waals surface area contributed by atoms with Crippen LogP contribution in [-0.2, 0) is 0 Å². The van der Waals surface area contributed by atoms with Gasteiger partial charge in [0, 0.05) is 5.92 Å². The number of aliphatic hydroxyl groups is 3. The Morgan fingerprint density at radius 1 is 0.542 bits per heavy atom. The molecule has 0 bridgehead atoms. The van der Waals surface area contributed by atoms with E-state index < -0.39 is 6.29 Å². The van der Waals surface area contributed by atoms with Gasteiger partial charge in [-0.15, -0.1) is 0 Å². The fourth-order valence-electron chi connectivity index (χ4n) is 3.29. The minimum absolute atomic E-state index is 0.129. The second-order valence-electron chi connectivity index (χ2n) is 7.45. The maximum absolute atomic E-state index is 9.03. The fourth-order valence-corrected chi connectivity index (χ4v) is 3.29. The van der Waals surface area contributed by atoms with Gasteiger partial charge in [-0.3, -0.25) is 0 Å². The van der Waals surface area contributed by atoms with Gasteiger partial charge in [0.1, 0.15) is 0 Å². The molecule has 0 fully saturated rings. The van der Waals surface area contributed by atoms with E-state index in [1.807, 2.05) is 0 Å². The van der Waals surface area contributed by atoms with Crippen molar-refractivity contribution >= 4 is 0 Å². The van der Waals surface area contributed by atoms with Crippen LogP contribution in [0.15, 0.2) is 0 Å². The molecule has 0 aromatic heterocycles.